The molecule has 6 heteroatoms. The van der Waals surface area contributed by atoms with E-state index in [1.165, 1.54) is 7.11 Å². The van der Waals surface area contributed by atoms with Crippen LogP contribution in [0.2, 0.25) is 0 Å². The van der Waals surface area contributed by atoms with E-state index in [1.54, 1.807) is 4.90 Å². The SMILES string of the molecule is COC(=O)C1CCCCN1C(=O)C(C)C(N)c1ccccc1.Cl. The second kappa shape index (κ2) is 8.89. The number of methoxy groups -OCH3 is 1. The van der Waals surface area contributed by atoms with Crippen molar-refractivity contribution in [2.24, 2.45) is 11.7 Å². The van der Waals surface area contributed by atoms with Crippen molar-refractivity contribution < 1.29 is 14.3 Å². The van der Waals surface area contributed by atoms with Gasteiger partial charge in [-0.05, 0) is 24.8 Å². The van der Waals surface area contributed by atoms with Gasteiger partial charge in [0, 0.05) is 12.6 Å². The Bertz CT molecular complexity index is 524. The van der Waals surface area contributed by atoms with Crippen LogP contribution in [0.5, 0.6) is 0 Å². The molecule has 1 saturated heterocycles. The number of amides is 1. The standard InChI is InChI=1S/C17H24N2O3.ClH/c1-12(15(18)13-8-4-3-5-9-13)16(20)19-11-7-6-10-14(19)17(21)22-2;/h3-5,8-9,12,14-15H,6-7,10-11,18H2,1-2H3;1H. The summed E-state index contributed by atoms with van der Waals surface area (Å²) < 4.78 is 4.83. The maximum absolute atomic E-state index is 12.8. The molecule has 3 atom stereocenters. The van der Waals surface area contributed by atoms with Gasteiger partial charge in [0.05, 0.1) is 13.0 Å². The normalized spacial score (nSPS) is 20.1. The molecule has 1 fully saturated rings. The number of piperidine rings is 1. The Morgan fingerprint density at radius 1 is 1.26 bits per heavy atom. The van der Waals surface area contributed by atoms with E-state index in [0.29, 0.717) is 13.0 Å². The summed E-state index contributed by atoms with van der Waals surface area (Å²) in [5.74, 6) is -0.798. The van der Waals surface area contributed by atoms with Gasteiger partial charge in [0.1, 0.15) is 6.04 Å². The Balaban J connectivity index is 0.00000264. The molecular formula is C17H25ClN2O3. The highest BCUT2D eigenvalue weighted by atomic mass is 35.5. The molecule has 23 heavy (non-hydrogen) atoms. The second-order valence-electron chi connectivity index (χ2n) is 5.79. The molecule has 1 heterocycles. The van der Waals surface area contributed by atoms with E-state index in [4.69, 9.17) is 10.5 Å². The van der Waals surface area contributed by atoms with E-state index in [1.807, 2.05) is 37.3 Å². The van der Waals surface area contributed by atoms with Gasteiger partial charge in [-0.15, -0.1) is 12.4 Å². The highest BCUT2D eigenvalue weighted by Gasteiger charge is 2.36. The predicted molar refractivity (Wildman–Crippen MR) is 91.2 cm³/mol. The average molecular weight is 341 g/mol. The van der Waals surface area contributed by atoms with Crippen LogP contribution in [0.15, 0.2) is 30.3 Å². The number of carbonyl (C=O) groups excluding carboxylic acids is 2. The molecule has 2 rings (SSSR count). The number of nitrogens with zero attached hydrogens (tertiary/aromatic N) is 1. The van der Waals surface area contributed by atoms with Crippen LogP contribution in [0.25, 0.3) is 0 Å². The highest BCUT2D eigenvalue weighted by Crippen LogP contribution is 2.25. The topological polar surface area (TPSA) is 72.6 Å². The lowest BCUT2D eigenvalue weighted by Crippen LogP contribution is -2.51. The number of nitrogens with two attached hydrogens (primary N) is 1. The molecule has 0 saturated carbocycles. The second-order valence-corrected chi connectivity index (χ2v) is 5.79. The summed E-state index contributed by atoms with van der Waals surface area (Å²) in [5, 5.41) is 0. The summed E-state index contributed by atoms with van der Waals surface area (Å²) in [5.41, 5.74) is 7.16. The number of rotatable bonds is 4. The van der Waals surface area contributed by atoms with Gasteiger partial charge >= 0.3 is 5.97 Å². The monoisotopic (exact) mass is 340 g/mol. The third-order valence-electron chi connectivity index (χ3n) is 4.37. The van der Waals surface area contributed by atoms with Crippen molar-refractivity contribution in [2.45, 2.75) is 38.3 Å². The highest BCUT2D eigenvalue weighted by molar-refractivity contribution is 5.86. The zero-order chi connectivity index (χ0) is 16.1. The number of benzene rings is 1. The van der Waals surface area contributed by atoms with Crippen molar-refractivity contribution >= 4 is 24.3 Å². The molecule has 1 aliphatic heterocycles. The predicted octanol–water partition coefficient (Wildman–Crippen LogP) is 2.30. The average Bonchev–Trinajstić information content (AvgIpc) is 2.59. The van der Waals surface area contributed by atoms with E-state index >= 15 is 0 Å². The minimum absolute atomic E-state index is 0. The Morgan fingerprint density at radius 3 is 2.52 bits per heavy atom. The number of halogens is 1. The molecule has 0 bridgehead atoms. The van der Waals surface area contributed by atoms with Crippen molar-refractivity contribution in [3.63, 3.8) is 0 Å². The van der Waals surface area contributed by atoms with Crippen LogP contribution in [0.4, 0.5) is 0 Å². The Morgan fingerprint density at radius 2 is 1.91 bits per heavy atom. The van der Waals surface area contributed by atoms with Gasteiger partial charge in [-0.1, -0.05) is 37.3 Å². The maximum atomic E-state index is 12.8. The van der Waals surface area contributed by atoms with Gasteiger partial charge in [-0.2, -0.15) is 0 Å². The first-order valence-corrected chi connectivity index (χ1v) is 7.75. The van der Waals surface area contributed by atoms with Crippen molar-refractivity contribution in [1.82, 2.24) is 4.90 Å². The number of ether oxygens (including phenoxy) is 1. The van der Waals surface area contributed by atoms with Crippen molar-refractivity contribution in [1.29, 1.82) is 0 Å². The number of likely N-dealkylation sites (tertiary alicyclic amines) is 1. The fourth-order valence-electron chi connectivity index (χ4n) is 2.96. The molecule has 0 aliphatic carbocycles. The molecular weight excluding hydrogens is 316 g/mol. The Kier molecular flexibility index (Phi) is 7.52. The zero-order valence-electron chi connectivity index (χ0n) is 13.6. The summed E-state index contributed by atoms with van der Waals surface area (Å²) in [6.45, 7) is 2.41. The minimum Gasteiger partial charge on any atom is -0.467 e. The Hall–Kier alpha value is -1.59. The van der Waals surface area contributed by atoms with Gasteiger partial charge in [-0.3, -0.25) is 4.79 Å². The van der Waals surface area contributed by atoms with Crippen LogP contribution in [0, 0.1) is 5.92 Å². The maximum Gasteiger partial charge on any atom is 0.328 e. The summed E-state index contributed by atoms with van der Waals surface area (Å²) in [6, 6.07) is 8.71. The van der Waals surface area contributed by atoms with Gasteiger partial charge in [0.2, 0.25) is 5.91 Å². The summed E-state index contributed by atoms with van der Waals surface area (Å²) in [6.07, 6.45) is 2.50. The summed E-state index contributed by atoms with van der Waals surface area (Å²) >= 11 is 0. The van der Waals surface area contributed by atoms with Crippen LogP contribution in [-0.2, 0) is 14.3 Å². The van der Waals surface area contributed by atoms with Crippen LogP contribution < -0.4 is 5.73 Å². The third-order valence-corrected chi connectivity index (χ3v) is 4.37. The zero-order valence-corrected chi connectivity index (χ0v) is 14.4. The first kappa shape index (κ1) is 19.5. The molecule has 5 nitrogen and oxygen atoms in total. The third kappa shape index (κ3) is 4.45. The van der Waals surface area contributed by atoms with Gasteiger partial charge in [0.15, 0.2) is 0 Å². The van der Waals surface area contributed by atoms with Crippen molar-refractivity contribution in [3.8, 4) is 0 Å². The number of hydrogen-bond acceptors (Lipinski definition) is 4. The molecule has 0 aromatic heterocycles. The minimum atomic E-state index is -0.475. The van der Waals surface area contributed by atoms with Crippen LogP contribution >= 0.6 is 12.4 Å². The number of hydrogen-bond donors (Lipinski definition) is 1. The number of esters is 1. The lowest BCUT2D eigenvalue weighted by Gasteiger charge is -2.36. The summed E-state index contributed by atoms with van der Waals surface area (Å²) in [4.78, 5) is 26.3. The Labute approximate surface area is 143 Å². The van der Waals surface area contributed by atoms with Crippen LogP contribution in [0.3, 0.4) is 0 Å². The smallest absolute Gasteiger partial charge is 0.328 e. The fourth-order valence-corrected chi connectivity index (χ4v) is 2.96. The molecule has 0 radical (unpaired) electrons. The van der Waals surface area contributed by atoms with Crippen LogP contribution in [-0.4, -0.2) is 36.5 Å². The molecule has 128 valence electrons. The molecule has 2 N–H and O–H groups in total. The van der Waals surface area contributed by atoms with E-state index in [-0.39, 0.29) is 36.2 Å². The van der Waals surface area contributed by atoms with E-state index in [0.717, 1.165) is 18.4 Å². The molecule has 1 aliphatic rings. The van der Waals surface area contributed by atoms with Gasteiger partial charge < -0.3 is 15.4 Å². The molecule has 0 spiro atoms. The molecule has 1 aromatic carbocycles. The fraction of sp³-hybridized carbons (Fsp3) is 0.529. The molecule has 3 unspecified atom stereocenters. The van der Waals surface area contributed by atoms with Crippen molar-refractivity contribution in [3.05, 3.63) is 35.9 Å². The molecule has 1 amide bonds. The van der Waals surface area contributed by atoms with Gasteiger partial charge in [0.25, 0.3) is 0 Å². The quantitative estimate of drug-likeness (QED) is 0.853. The lowest BCUT2D eigenvalue weighted by atomic mass is 9.92. The van der Waals surface area contributed by atoms with Crippen molar-refractivity contribution in [2.75, 3.05) is 13.7 Å². The van der Waals surface area contributed by atoms with E-state index in [9.17, 15) is 9.59 Å². The van der Waals surface area contributed by atoms with Crippen LogP contribution in [0.1, 0.15) is 37.8 Å². The van der Waals surface area contributed by atoms with Gasteiger partial charge in [-0.25, -0.2) is 4.79 Å². The van der Waals surface area contributed by atoms with E-state index in [2.05, 4.69) is 0 Å². The number of carbonyl (C=O) groups is 2. The lowest BCUT2D eigenvalue weighted by molar-refractivity contribution is -0.156. The van der Waals surface area contributed by atoms with E-state index < -0.39 is 6.04 Å². The first-order chi connectivity index (χ1) is 10.6. The largest absolute Gasteiger partial charge is 0.467 e. The summed E-state index contributed by atoms with van der Waals surface area (Å²) in [7, 11) is 1.36. The first-order valence-electron chi connectivity index (χ1n) is 7.75. The molecule has 1 aromatic rings.